The Morgan fingerprint density at radius 2 is 1.00 bits per heavy atom. The lowest BCUT2D eigenvalue weighted by molar-refractivity contribution is 0.0719. The van der Waals surface area contributed by atoms with Crippen LogP contribution in [0.4, 0.5) is 17.6 Å². The summed E-state index contributed by atoms with van der Waals surface area (Å²) in [6, 6.07) is 16.8. The summed E-state index contributed by atoms with van der Waals surface area (Å²) in [5, 5.41) is 0. The molecule has 0 aromatic heterocycles. The van der Waals surface area contributed by atoms with Gasteiger partial charge in [-0.2, -0.15) is 0 Å². The Bertz CT molecular complexity index is 1540. The van der Waals surface area contributed by atoms with E-state index >= 15 is 0 Å². The van der Waals surface area contributed by atoms with Crippen molar-refractivity contribution in [2.24, 2.45) is 0 Å². The molecule has 4 aromatic rings. The first-order valence-corrected chi connectivity index (χ1v) is 15.6. The standard InChI is InChI=1S/C35H32BBrF4O4/c36-28-16-12-24(20-32(28)40)44-34(42)26-14-10-22(18-30(26)38)8-6-4-2-1-3-5-7-9-23-11-15-27(31(39)19-23)35(43)45-25-13-17-29(37)33(41)21-25/h10-21H,1-9,36H2. The average Bonchev–Trinajstić information content (AvgIpc) is 3.00. The van der Waals surface area contributed by atoms with Gasteiger partial charge < -0.3 is 9.47 Å². The van der Waals surface area contributed by atoms with Crippen LogP contribution in [0.25, 0.3) is 0 Å². The number of esters is 2. The minimum atomic E-state index is -0.889. The Labute approximate surface area is 269 Å². The first kappa shape index (κ1) is 34.0. The molecule has 0 heterocycles. The fraction of sp³-hybridized carbons (Fsp3) is 0.257. The van der Waals surface area contributed by atoms with Crippen molar-refractivity contribution in [3.63, 3.8) is 0 Å². The van der Waals surface area contributed by atoms with Gasteiger partial charge in [0.05, 0.1) is 15.6 Å². The first-order valence-electron chi connectivity index (χ1n) is 14.8. The SMILES string of the molecule is Bc1ccc(OC(=O)c2ccc(CCCCCCCCCc3ccc(C(=O)Oc4ccc(Br)c(F)c4)c(F)c3)cc2F)cc1F. The highest BCUT2D eigenvalue weighted by Crippen LogP contribution is 2.23. The van der Waals surface area contributed by atoms with Gasteiger partial charge in [-0.25, -0.2) is 27.2 Å². The molecule has 0 unspecified atom stereocenters. The highest BCUT2D eigenvalue weighted by molar-refractivity contribution is 9.10. The summed E-state index contributed by atoms with van der Waals surface area (Å²) in [6.07, 6.45) is 8.23. The topological polar surface area (TPSA) is 52.6 Å². The minimum Gasteiger partial charge on any atom is -0.423 e. The molecule has 0 aliphatic carbocycles. The molecule has 0 aliphatic heterocycles. The largest absolute Gasteiger partial charge is 0.423 e. The van der Waals surface area contributed by atoms with Crippen LogP contribution < -0.4 is 14.9 Å². The second-order valence-corrected chi connectivity index (χ2v) is 11.7. The highest BCUT2D eigenvalue weighted by Gasteiger charge is 2.17. The molecule has 234 valence electrons. The van der Waals surface area contributed by atoms with E-state index in [9.17, 15) is 27.2 Å². The highest BCUT2D eigenvalue weighted by atomic mass is 79.9. The summed E-state index contributed by atoms with van der Waals surface area (Å²) >= 11 is 3.02. The molecule has 0 saturated carbocycles. The molecule has 0 spiro atoms. The molecular formula is C35H32BBrF4O4. The number of hydrogen-bond acceptors (Lipinski definition) is 4. The van der Waals surface area contributed by atoms with E-state index in [-0.39, 0.29) is 27.1 Å². The van der Waals surface area contributed by atoms with E-state index in [4.69, 9.17) is 9.47 Å². The maximum absolute atomic E-state index is 14.6. The van der Waals surface area contributed by atoms with Gasteiger partial charge in [-0.1, -0.05) is 55.8 Å². The van der Waals surface area contributed by atoms with E-state index in [2.05, 4.69) is 15.9 Å². The Kier molecular flexibility index (Phi) is 12.4. The predicted octanol–water partition coefficient (Wildman–Crippen LogP) is 8.22. The van der Waals surface area contributed by atoms with Crippen molar-refractivity contribution in [2.45, 2.75) is 57.8 Å². The summed E-state index contributed by atoms with van der Waals surface area (Å²) in [6.45, 7) is 0. The summed E-state index contributed by atoms with van der Waals surface area (Å²) in [5.74, 6) is -4.19. The molecule has 45 heavy (non-hydrogen) atoms. The molecule has 4 nitrogen and oxygen atoms in total. The number of aryl methyl sites for hydroxylation is 2. The van der Waals surface area contributed by atoms with Gasteiger partial charge >= 0.3 is 11.9 Å². The van der Waals surface area contributed by atoms with E-state index in [1.807, 2.05) is 0 Å². The third kappa shape index (κ3) is 10.0. The second kappa shape index (κ2) is 16.4. The molecule has 4 rings (SSSR count). The van der Waals surface area contributed by atoms with Crippen molar-refractivity contribution < 1.29 is 36.6 Å². The Balaban J connectivity index is 1.10. The lowest BCUT2D eigenvalue weighted by Crippen LogP contribution is -2.13. The number of unbranched alkanes of at least 4 members (excludes halogenated alkanes) is 6. The zero-order valence-electron chi connectivity index (χ0n) is 24.8. The van der Waals surface area contributed by atoms with Crippen LogP contribution in [0.3, 0.4) is 0 Å². The van der Waals surface area contributed by atoms with Gasteiger partial charge in [-0.15, -0.1) is 0 Å². The summed E-state index contributed by atoms with van der Waals surface area (Å²) in [5.41, 5.74) is 1.59. The third-order valence-electron chi connectivity index (χ3n) is 7.39. The monoisotopic (exact) mass is 682 g/mol. The van der Waals surface area contributed by atoms with Crippen LogP contribution >= 0.6 is 15.9 Å². The van der Waals surface area contributed by atoms with E-state index in [0.29, 0.717) is 18.3 Å². The van der Waals surface area contributed by atoms with Gasteiger partial charge in [0.1, 0.15) is 42.6 Å². The Morgan fingerprint density at radius 3 is 1.44 bits per heavy atom. The van der Waals surface area contributed by atoms with Crippen LogP contribution in [0, 0.1) is 23.3 Å². The van der Waals surface area contributed by atoms with E-state index in [1.54, 1.807) is 20.0 Å². The van der Waals surface area contributed by atoms with Crippen molar-refractivity contribution >= 4 is 41.2 Å². The van der Waals surface area contributed by atoms with Crippen LogP contribution in [-0.2, 0) is 12.8 Å². The molecule has 0 radical (unpaired) electrons. The van der Waals surface area contributed by atoms with Gasteiger partial charge in [0.2, 0.25) is 0 Å². The van der Waals surface area contributed by atoms with Crippen molar-refractivity contribution in [1.82, 2.24) is 0 Å². The quantitative estimate of drug-likeness (QED) is 0.0442. The molecule has 0 amide bonds. The Morgan fingerprint density at radius 1 is 0.556 bits per heavy atom. The molecule has 0 N–H and O–H groups in total. The number of ether oxygens (including phenoxy) is 2. The molecule has 0 aliphatic rings. The molecule has 4 aromatic carbocycles. The zero-order chi connectivity index (χ0) is 32.3. The molecule has 0 atom stereocenters. The zero-order valence-corrected chi connectivity index (χ0v) is 26.4. The van der Waals surface area contributed by atoms with Crippen LogP contribution in [0.15, 0.2) is 77.3 Å². The normalized spacial score (nSPS) is 11.0. The molecule has 0 saturated heterocycles. The van der Waals surface area contributed by atoms with Crippen molar-refractivity contribution in [1.29, 1.82) is 0 Å². The lowest BCUT2D eigenvalue weighted by Gasteiger charge is -2.08. The minimum absolute atomic E-state index is 0.00869. The maximum Gasteiger partial charge on any atom is 0.346 e. The number of carbonyl (C=O) groups excluding carboxylic acids is 2. The second-order valence-electron chi connectivity index (χ2n) is 10.9. The number of rotatable bonds is 14. The fourth-order valence-corrected chi connectivity index (χ4v) is 5.05. The molecule has 10 heteroatoms. The van der Waals surface area contributed by atoms with Gasteiger partial charge in [0, 0.05) is 12.1 Å². The van der Waals surface area contributed by atoms with Gasteiger partial charge in [-0.3, -0.25) is 0 Å². The summed E-state index contributed by atoms with van der Waals surface area (Å²) < 4.78 is 66.9. The van der Waals surface area contributed by atoms with E-state index in [1.165, 1.54) is 48.5 Å². The van der Waals surface area contributed by atoms with Gasteiger partial charge in [0.15, 0.2) is 0 Å². The predicted molar refractivity (Wildman–Crippen MR) is 171 cm³/mol. The van der Waals surface area contributed by atoms with Crippen molar-refractivity contribution in [3.05, 3.63) is 123 Å². The van der Waals surface area contributed by atoms with E-state index < -0.39 is 35.2 Å². The summed E-state index contributed by atoms with van der Waals surface area (Å²) in [4.78, 5) is 24.6. The van der Waals surface area contributed by atoms with Gasteiger partial charge in [0.25, 0.3) is 0 Å². The number of halogens is 5. The van der Waals surface area contributed by atoms with E-state index in [0.717, 1.165) is 68.2 Å². The summed E-state index contributed by atoms with van der Waals surface area (Å²) in [7, 11) is 1.59. The Hall–Kier alpha value is -3.92. The smallest absolute Gasteiger partial charge is 0.346 e. The van der Waals surface area contributed by atoms with Gasteiger partial charge in [-0.05, 0) is 95.2 Å². The van der Waals surface area contributed by atoms with Crippen LogP contribution in [0.2, 0.25) is 0 Å². The van der Waals surface area contributed by atoms with Crippen molar-refractivity contribution in [3.8, 4) is 11.5 Å². The average molecular weight is 683 g/mol. The maximum atomic E-state index is 14.6. The third-order valence-corrected chi connectivity index (χ3v) is 8.04. The van der Waals surface area contributed by atoms with Crippen LogP contribution in [-0.4, -0.2) is 19.8 Å². The number of hydrogen-bond donors (Lipinski definition) is 0. The van der Waals surface area contributed by atoms with Crippen LogP contribution in [0.1, 0.15) is 76.8 Å². The molecular weight excluding hydrogens is 651 g/mol. The van der Waals surface area contributed by atoms with Crippen molar-refractivity contribution in [2.75, 3.05) is 0 Å². The number of benzene rings is 4. The fourth-order valence-electron chi connectivity index (χ4n) is 4.80. The molecule has 0 fully saturated rings. The first-order chi connectivity index (χ1) is 21.6. The lowest BCUT2D eigenvalue weighted by atomic mass is 9.96. The molecule has 0 bridgehead atoms. The van der Waals surface area contributed by atoms with Crippen LogP contribution in [0.5, 0.6) is 11.5 Å². The number of carbonyl (C=O) groups is 2.